The number of hydrogen-bond donors (Lipinski definition) is 0. The average Bonchev–Trinajstić information content (AvgIpc) is 3.16. The van der Waals surface area contributed by atoms with Gasteiger partial charge in [-0.3, -0.25) is 4.79 Å². The first kappa shape index (κ1) is 23.9. The summed E-state index contributed by atoms with van der Waals surface area (Å²) < 4.78 is 33.6. The Morgan fingerprint density at radius 1 is 1.15 bits per heavy atom. The van der Waals surface area contributed by atoms with Crippen LogP contribution in [0.1, 0.15) is 60.3 Å². The van der Waals surface area contributed by atoms with Crippen molar-refractivity contribution in [3.63, 3.8) is 0 Å². The second kappa shape index (κ2) is 11.0. The first-order chi connectivity index (χ1) is 12.4. The Balaban J connectivity index is 0. The number of benzene rings is 1. The molecular formula is C19H28MgO6S. The van der Waals surface area contributed by atoms with Crippen molar-refractivity contribution in [3.05, 3.63) is 29.8 Å². The van der Waals surface area contributed by atoms with Crippen molar-refractivity contribution < 1.29 is 30.3 Å². The number of hydrogen-bond acceptors (Lipinski definition) is 6. The Labute approximate surface area is 180 Å². The molecule has 0 N–H and O–H groups in total. The van der Waals surface area contributed by atoms with Crippen molar-refractivity contribution in [1.29, 1.82) is 0 Å². The summed E-state index contributed by atoms with van der Waals surface area (Å²) >= 11 is 0. The van der Waals surface area contributed by atoms with Gasteiger partial charge in [-0.25, -0.2) is 13.2 Å². The van der Waals surface area contributed by atoms with Gasteiger partial charge in [0.25, 0.3) is 0 Å². The van der Waals surface area contributed by atoms with Crippen LogP contribution in [0.5, 0.6) is 0 Å². The minimum Gasteiger partial charge on any atom is -1.00 e. The van der Waals surface area contributed by atoms with Crippen molar-refractivity contribution in [2.24, 2.45) is 5.92 Å². The van der Waals surface area contributed by atoms with E-state index in [4.69, 9.17) is 4.74 Å². The van der Waals surface area contributed by atoms with Gasteiger partial charge in [-0.15, -0.1) is 0 Å². The van der Waals surface area contributed by atoms with Crippen LogP contribution in [0.25, 0.3) is 0 Å². The summed E-state index contributed by atoms with van der Waals surface area (Å²) in [5.41, 5.74) is 0.932. The van der Waals surface area contributed by atoms with Gasteiger partial charge in [0.05, 0.1) is 10.6 Å². The number of sulfone groups is 1. The monoisotopic (exact) mass is 408 g/mol. The van der Waals surface area contributed by atoms with Gasteiger partial charge in [-0.05, 0) is 36.5 Å². The fourth-order valence-electron chi connectivity index (χ4n) is 3.31. The van der Waals surface area contributed by atoms with Gasteiger partial charge in [0.1, 0.15) is 6.61 Å². The predicted molar refractivity (Wildman–Crippen MR) is 105 cm³/mol. The summed E-state index contributed by atoms with van der Waals surface area (Å²) in [4.78, 5) is 23.1. The topological polar surface area (TPSA) is 86.7 Å². The molecule has 0 amide bonds. The summed E-state index contributed by atoms with van der Waals surface area (Å²) in [5.74, 6) is -0.251. The summed E-state index contributed by atoms with van der Waals surface area (Å²) in [6, 6.07) is 6.79. The molecule has 1 unspecified atom stereocenters. The van der Waals surface area contributed by atoms with Gasteiger partial charge >= 0.3 is 35.2 Å². The zero-order valence-electron chi connectivity index (χ0n) is 18.0. The van der Waals surface area contributed by atoms with Crippen molar-refractivity contribution in [2.45, 2.75) is 56.8 Å². The molecule has 6 nitrogen and oxygen atoms in total. The van der Waals surface area contributed by atoms with E-state index in [1.807, 2.05) is 0 Å². The van der Waals surface area contributed by atoms with E-state index in [-0.39, 0.29) is 50.6 Å². The van der Waals surface area contributed by atoms with Gasteiger partial charge in [0, 0.05) is 12.3 Å². The third kappa shape index (κ3) is 6.76. The van der Waals surface area contributed by atoms with E-state index in [1.165, 1.54) is 0 Å². The minimum absolute atomic E-state index is 0. The Hall–Kier alpha value is -1.12. The van der Waals surface area contributed by atoms with Crippen molar-refractivity contribution >= 4 is 45.0 Å². The number of esters is 1. The molecule has 148 valence electrons. The van der Waals surface area contributed by atoms with Crippen LogP contribution in [0.2, 0.25) is 0 Å². The molecule has 2 rings (SSSR count). The molecule has 0 heterocycles. The summed E-state index contributed by atoms with van der Waals surface area (Å²) in [5, 5.41) is 0. The van der Waals surface area contributed by atoms with Crippen molar-refractivity contribution in [1.82, 2.24) is 0 Å². The fourth-order valence-corrected chi connectivity index (χ4v) is 4.19. The SMILES string of the molecule is CCC(=O)OC(=O)OCC(c1ccc(S(=O)(=O)CC)cc1)C1CCCC1.[H-].[H-].[Mg+2]. The molecule has 0 aromatic heterocycles. The van der Waals surface area contributed by atoms with Gasteiger partial charge in [0.15, 0.2) is 9.84 Å². The maximum atomic E-state index is 12.0. The van der Waals surface area contributed by atoms with Crippen LogP contribution in [0.4, 0.5) is 4.79 Å². The molecule has 0 saturated heterocycles. The molecule has 1 aliphatic rings. The van der Waals surface area contributed by atoms with Crippen LogP contribution in [-0.2, 0) is 24.1 Å². The quantitative estimate of drug-likeness (QED) is 0.388. The average molecular weight is 409 g/mol. The number of ether oxygens (including phenoxy) is 2. The van der Waals surface area contributed by atoms with Gasteiger partial charge < -0.3 is 12.3 Å². The summed E-state index contributed by atoms with van der Waals surface area (Å²) in [6.45, 7) is 3.32. The van der Waals surface area contributed by atoms with Crippen LogP contribution < -0.4 is 0 Å². The summed E-state index contributed by atoms with van der Waals surface area (Å²) in [7, 11) is -3.24. The number of carbonyl (C=O) groups excluding carboxylic acids is 2. The van der Waals surface area contributed by atoms with Crippen LogP contribution in [-0.4, -0.2) is 56.0 Å². The van der Waals surface area contributed by atoms with Crippen molar-refractivity contribution in [3.8, 4) is 0 Å². The van der Waals surface area contributed by atoms with E-state index in [1.54, 1.807) is 38.1 Å². The maximum Gasteiger partial charge on any atom is 2.00 e. The predicted octanol–water partition coefficient (Wildman–Crippen LogP) is 3.69. The summed E-state index contributed by atoms with van der Waals surface area (Å²) in [6.07, 6.45) is 3.45. The Morgan fingerprint density at radius 3 is 2.26 bits per heavy atom. The van der Waals surface area contributed by atoms with E-state index >= 15 is 0 Å². The van der Waals surface area contributed by atoms with Crippen LogP contribution in [0, 0.1) is 5.92 Å². The molecule has 1 fully saturated rings. The second-order valence-corrected chi connectivity index (χ2v) is 8.79. The Morgan fingerprint density at radius 2 is 1.74 bits per heavy atom. The number of carbonyl (C=O) groups is 2. The minimum atomic E-state index is -3.24. The standard InChI is InChI=1S/C19H26O6S.Mg.2H/c1-3-18(20)25-19(21)24-13-17(14-7-5-6-8-14)15-9-11-16(12-10-15)26(22,23)4-2;;;/h9-12,14,17H,3-8,13H2,1-2H3;;;/q;+2;2*-1. The van der Waals surface area contributed by atoms with Gasteiger partial charge in [-0.1, -0.05) is 38.8 Å². The van der Waals surface area contributed by atoms with E-state index in [0.717, 1.165) is 31.2 Å². The molecule has 0 bridgehead atoms. The zero-order chi connectivity index (χ0) is 19.2. The molecule has 0 spiro atoms. The van der Waals surface area contributed by atoms with Crippen LogP contribution >= 0.6 is 0 Å². The maximum absolute atomic E-state index is 12.0. The van der Waals surface area contributed by atoms with Crippen molar-refractivity contribution in [2.75, 3.05) is 12.4 Å². The first-order valence-electron chi connectivity index (χ1n) is 9.07. The third-order valence-electron chi connectivity index (χ3n) is 4.88. The smallest absolute Gasteiger partial charge is 1.00 e. The van der Waals surface area contributed by atoms with E-state index < -0.39 is 22.0 Å². The third-order valence-corrected chi connectivity index (χ3v) is 6.63. The fraction of sp³-hybridized carbons (Fsp3) is 0.579. The molecule has 1 aliphatic carbocycles. The Kier molecular flexibility index (Phi) is 9.76. The van der Waals surface area contributed by atoms with Crippen LogP contribution in [0.3, 0.4) is 0 Å². The first-order valence-corrected chi connectivity index (χ1v) is 10.7. The zero-order valence-corrected chi connectivity index (χ0v) is 18.2. The molecule has 8 heteroatoms. The van der Waals surface area contributed by atoms with Crippen LogP contribution in [0.15, 0.2) is 29.2 Å². The molecule has 27 heavy (non-hydrogen) atoms. The largest absolute Gasteiger partial charge is 2.00 e. The molecule has 0 aliphatic heterocycles. The molecule has 1 aromatic carbocycles. The van der Waals surface area contributed by atoms with E-state index in [0.29, 0.717) is 10.8 Å². The number of rotatable bonds is 7. The van der Waals surface area contributed by atoms with E-state index in [9.17, 15) is 18.0 Å². The molecule has 1 atom stereocenters. The molecule has 0 radical (unpaired) electrons. The van der Waals surface area contributed by atoms with Gasteiger partial charge in [0.2, 0.25) is 0 Å². The molecular weight excluding hydrogens is 381 g/mol. The molecule has 1 saturated carbocycles. The second-order valence-electron chi connectivity index (χ2n) is 6.51. The Bertz CT molecular complexity index is 734. The van der Waals surface area contributed by atoms with E-state index in [2.05, 4.69) is 4.74 Å². The molecule has 1 aromatic rings. The normalized spacial score (nSPS) is 15.6. The van der Waals surface area contributed by atoms with Gasteiger partial charge in [-0.2, -0.15) is 0 Å².